The molecule has 0 unspecified atom stereocenters. The fourth-order valence-electron chi connectivity index (χ4n) is 0.972. The van der Waals surface area contributed by atoms with Crippen LogP contribution in [0.2, 0.25) is 0 Å². The maximum Gasteiger partial charge on any atom is 0.384 e. The highest BCUT2D eigenvalue weighted by atomic mass is 19.1. The van der Waals surface area contributed by atoms with E-state index in [1.165, 1.54) is 19.2 Å². The monoisotopic (exact) mass is 208 g/mol. The first-order valence-electron chi connectivity index (χ1n) is 4.16. The van der Waals surface area contributed by atoms with Gasteiger partial charge in [0.05, 0.1) is 13.7 Å². The number of halogens is 1. The number of methoxy groups -OCH3 is 1. The third kappa shape index (κ3) is 3.08. The number of hydrogen-bond donors (Lipinski definition) is 1. The van der Waals surface area contributed by atoms with Gasteiger partial charge in [-0.25, -0.2) is 9.18 Å². The Hall–Kier alpha value is -1.86. The van der Waals surface area contributed by atoms with E-state index in [1.54, 1.807) is 0 Å². The molecule has 1 rings (SSSR count). The lowest BCUT2D eigenvalue weighted by atomic mass is 10.1. The van der Waals surface area contributed by atoms with Crippen LogP contribution >= 0.6 is 0 Å². The van der Waals surface area contributed by atoms with E-state index in [9.17, 15) is 9.18 Å². The minimum absolute atomic E-state index is 0.258. The molecule has 0 heterocycles. The summed E-state index contributed by atoms with van der Waals surface area (Å²) < 4.78 is 17.1. The van der Waals surface area contributed by atoms with Crippen LogP contribution in [0.5, 0.6) is 0 Å². The maximum atomic E-state index is 12.8. The number of carbonyl (C=O) groups excluding carboxylic acids is 1. The molecule has 0 aromatic heterocycles. The minimum Gasteiger partial charge on any atom is -0.459 e. The summed E-state index contributed by atoms with van der Waals surface area (Å²) in [7, 11) is 1.20. The molecule has 0 aliphatic heterocycles. The smallest absolute Gasteiger partial charge is 0.384 e. The van der Waals surface area contributed by atoms with Gasteiger partial charge in [0.25, 0.3) is 0 Å². The van der Waals surface area contributed by atoms with Crippen molar-refractivity contribution in [1.82, 2.24) is 0 Å². The number of hydrogen-bond acceptors (Lipinski definition) is 3. The molecule has 0 amide bonds. The van der Waals surface area contributed by atoms with Crippen LogP contribution < -0.4 is 0 Å². The van der Waals surface area contributed by atoms with Crippen molar-refractivity contribution in [3.63, 3.8) is 0 Å². The van der Waals surface area contributed by atoms with Gasteiger partial charge in [-0.05, 0) is 17.7 Å². The Morgan fingerprint density at radius 2 is 2.33 bits per heavy atom. The fraction of sp³-hybridized carbons (Fsp3) is 0.182. The Kier molecular flexibility index (Phi) is 3.83. The molecule has 0 spiro atoms. The average Bonchev–Trinajstić information content (AvgIpc) is 2.26. The van der Waals surface area contributed by atoms with Crippen LogP contribution in [0.3, 0.4) is 0 Å². The third-order valence-corrected chi connectivity index (χ3v) is 1.73. The largest absolute Gasteiger partial charge is 0.459 e. The summed E-state index contributed by atoms with van der Waals surface area (Å²) in [4.78, 5) is 10.7. The second-order valence-corrected chi connectivity index (χ2v) is 2.70. The number of carbonyl (C=O) groups is 1. The SMILES string of the molecule is COC(=O)C#Cc1cc(F)ccc1CO. The molecule has 78 valence electrons. The van der Waals surface area contributed by atoms with Gasteiger partial charge in [0, 0.05) is 11.5 Å². The lowest BCUT2D eigenvalue weighted by Crippen LogP contribution is -1.96. The Labute approximate surface area is 86.5 Å². The van der Waals surface area contributed by atoms with Crippen molar-refractivity contribution in [2.75, 3.05) is 7.11 Å². The van der Waals surface area contributed by atoms with E-state index in [2.05, 4.69) is 16.6 Å². The molecule has 0 atom stereocenters. The molecule has 4 heteroatoms. The summed E-state index contributed by atoms with van der Waals surface area (Å²) in [6, 6.07) is 3.78. The first-order chi connectivity index (χ1) is 7.17. The summed E-state index contributed by atoms with van der Waals surface area (Å²) in [5.74, 6) is 3.42. The average molecular weight is 208 g/mol. The highest BCUT2D eigenvalue weighted by Crippen LogP contribution is 2.09. The van der Waals surface area contributed by atoms with E-state index in [4.69, 9.17) is 5.11 Å². The van der Waals surface area contributed by atoms with Crippen LogP contribution in [0.15, 0.2) is 18.2 Å². The standard InChI is InChI=1S/C11H9FO3/c1-15-11(14)5-3-8-6-10(12)4-2-9(8)7-13/h2,4,6,13H,7H2,1H3. The summed E-state index contributed by atoms with van der Waals surface area (Å²) in [5, 5.41) is 8.93. The van der Waals surface area contributed by atoms with Gasteiger partial charge in [-0.3, -0.25) is 0 Å². The molecule has 0 radical (unpaired) electrons. The van der Waals surface area contributed by atoms with Crippen LogP contribution in [0, 0.1) is 17.7 Å². The molecule has 1 aromatic rings. The maximum absolute atomic E-state index is 12.8. The quantitative estimate of drug-likeness (QED) is 0.549. The number of esters is 1. The summed E-state index contributed by atoms with van der Waals surface area (Å²) in [6.07, 6.45) is 0. The van der Waals surface area contributed by atoms with E-state index >= 15 is 0 Å². The molecule has 1 aromatic carbocycles. The zero-order valence-electron chi connectivity index (χ0n) is 8.08. The first kappa shape index (κ1) is 11.2. The lowest BCUT2D eigenvalue weighted by molar-refractivity contribution is -0.133. The summed E-state index contributed by atoms with van der Waals surface area (Å²) >= 11 is 0. The van der Waals surface area contributed by atoms with Crippen LogP contribution in [0.1, 0.15) is 11.1 Å². The van der Waals surface area contributed by atoms with E-state index in [0.717, 1.165) is 6.07 Å². The molecule has 0 bridgehead atoms. The highest BCUT2D eigenvalue weighted by molar-refractivity contribution is 5.89. The van der Waals surface area contributed by atoms with Gasteiger partial charge in [-0.15, -0.1) is 0 Å². The second kappa shape index (κ2) is 5.13. The highest BCUT2D eigenvalue weighted by Gasteiger charge is 2.01. The molecule has 0 saturated heterocycles. The molecule has 3 nitrogen and oxygen atoms in total. The number of aliphatic hydroxyl groups is 1. The topological polar surface area (TPSA) is 46.5 Å². The Morgan fingerprint density at radius 1 is 1.60 bits per heavy atom. The Bertz CT molecular complexity index is 429. The van der Waals surface area contributed by atoms with Gasteiger partial charge in [0.2, 0.25) is 0 Å². The van der Waals surface area contributed by atoms with Gasteiger partial charge < -0.3 is 9.84 Å². The van der Waals surface area contributed by atoms with Crippen molar-refractivity contribution in [3.8, 4) is 11.8 Å². The third-order valence-electron chi connectivity index (χ3n) is 1.73. The second-order valence-electron chi connectivity index (χ2n) is 2.70. The fourth-order valence-corrected chi connectivity index (χ4v) is 0.972. The Morgan fingerprint density at radius 3 is 2.93 bits per heavy atom. The molecular formula is C11H9FO3. The van der Waals surface area contributed by atoms with Crippen molar-refractivity contribution in [3.05, 3.63) is 35.1 Å². The lowest BCUT2D eigenvalue weighted by Gasteiger charge is -1.99. The first-order valence-corrected chi connectivity index (χ1v) is 4.16. The van der Waals surface area contributed by atoms with Gasteiger partial charge in [-0.1, -0.05) is 12.0 Å². The number of benzene rings is 1. The van der Waals surface area contributed by atoms with E-state index < -0.39 is 11.8 Å². The molecule has 15 heavy (non-hydrogen) atoms. The van der Waals surface area contributed by atoms with Crippen LogP contribution in [-0.4, -0.2) is 18.2 Å². The number of aliphatic hydroxyl groups excluding tert-OH is 1. The Balaban J connectivity index is 3.05. The predicted molar refractivity (Wildman–Crippen MR) is 51.2 cm³/mol. The zero-order valence-corrected chi connectivity index (χ0v) is 8.08. The predicted octanol–water partition coefficient (Wildman–Crippen LogP) is 0.843. The molecule has 0 aliphatic carbocycles. The minimum atomic E-state index is -0.705. The van der Waals surface area contributed by atoms with E-state index in [0.29, 0.717) is 5.56 Å². The van der Waals surface area contributed by atoms with Gasteiger partial charge >= 0.3 is 5.97 Å². The van der Waals surface area contributed by atoms with Crippen LogP contribution in [0.4, 0.5) is 4.39 Å². The molecule has 1 N–H and O–H groups in total. The van der Waals surface area contributed by atoms with Gasteiger partial charge in [0.1, 0.15) is 5.82 Å². The normalized spacial score (nSPS) is 9.00. The summed E-state index contributed by atoms with van der Waals surface area (Å²) in [5.41, 5.74) is 0.746. The van der Waals surface area contributed by atoms with Crippen molar-refractivity contribution in [2.24, 2.45) is 0 Å². The summed E-state index contributed by atoms with van der Waals surface area (Å²) in [6.45, 7) is -0.258. The van der Waals surface area contributed by atoms with E-state index in [-0.39, 0.29) is 12.2 Å². The number of rotatable bonds is 1. The van der Waals surface area contributed by atoms with Crippen molar-refractivity contribution >= 4 is 5.97 Å². The molecule has 0 saturated carbocycles. The van der Waals surface area contributed by atoms with Crippen LogP contribution in [-0.2, 0) is 16.1 Å². The van der Waals surface area contributed by atoms with Gasteiger partial charge in [-0.2, -0.15) is 0 Å². The van der Waals surface area contributed by atoms with Crippen molar-refractivity contribution in [2.45, 2.75) is 6.61 Å². The zero-order chi connectivity index (χ0) is 11.3. The van der Waals surface area contributed by atoms with Crippen molar-refractivity contribution < 1.29 is 19.0 Å². The van der Waals surface area contributed by atoms with Crippen molar-refractivity contribution in [1.29, 1.82) is 0 Å². The van der Waals surface area contributed by atoms with Crippen LogP contribution in [0.25, 0.3) is 0 Å². The molecular weight excluding hydrogens is 199 g/mol. The molecule has 0 aliphatic rings. The van der Waals surface area contributed by atoms with Gasteiger partial charge in [0.15, 0.2) is 0 Å². The number of ether oxygens (including phenoxy) is 1. The van der Waals surface area contributed by atoms with E-state index in [1.807, 2.05) is 0 Å². The molecule has 0 fully saturated rings.